The van der Waals surface area contributed by atoms with Gasteiger partial charge in [-0.3, -0.25) is 19.2 Å². The molecule has 3 heterocycles. The van der Waals surface area contributed by atoms with Crippen LogP contribution in [0, 0.1) is 0 Å². The quantitative estimate of drug-likeness (QED) is 0.351. The van der Waals surface area contributed by atoms with Crippen molar-refractivity contribution in [2.24, 2.45) is 0 Å². The summed E-state index contributed by atoms with van der Waals surface area (Å²) >= 11 is 6.73. The first-order valence-electron chi connectivity index (χ1n) is 11.9. The fraction of sp³-hybridized carbons (Fsp3) is 0.346. The van der Waals surface area contributed by atoms with Crippen LogP contribution in [-0.4, -0.2) is 56.4 Å². The first-order chi connectivity index (χ1) is 17.6. The van der Waals surface area contributed by atoms with Crippen LogP contribution in [0.2, 0.25) is 5.02 Å². The largest absolute Gasteiger partial charge is 0.416 e. The van der Waals surface area contributed by atoms with Crippen molar-refractivity contribution in [1.29, 1.82) is 0 Å². The first-order valence-corrected chi connectivity index (χ1v) is 13.1. The molecular weight excluding hydrogens is 525 g/mol. The summed E-state index contributed by atoms with van der Waals surface area (Å²) in [7, 11) is 0. The lowest BCUT2D eigenvalue weighted by Crippen LogP contribution is -2.46. The highest BCUT2D eigenvalue weighted by Gasteiger charge is 2.40. The van der Waals surface area contributed by atoms with E-state index in [-0.39, 0.29) is 34.3 Å². The van der Waals surface area contributed by atoms with Gasteiger partial charge < -0.3 is 4.90 Å². The summed E-state index contributed by atoms with van der Waals surface area (Å²) < 4.78 is 42.0. The zero-order valence-electron chi connectivity index (χ0n) is 20.0. The number of thioether (sulfide) groups is 1. The van der Waals surface area contributed by atoms with E-state index in [1.165, 1.54) is 21.7 Å². The van der Waals surface area contributed by atoms with E-state index in [1.54, 1.807) is 30.5 Å². The number of hydrogen-bond acceptors (Lipinski definition) is 5. The van der Waals surface area contributed by atoms with E-state index in [9.17, 15) is 22.8 Å². The molecule has 2 fully saturated rings. The van der Waals surface area contributed by atoms with Gasteiger partial charge in [0.25, 0.3) is 11.1 Å². The van der Waals surface area contributed by atoms with Gasteiger partial charge in [0.05, 0.1) is 28.7 Å². The number of piperidine rings is 1. The average molecular weight is 549 g/mol. The van der Waals surface area contributed by atoms with Crippen LogP contribution in [0.1, 0.15) is 36.5 Å². The molecule has 2 amide bonds. The van der Waals surface area contributed by atoms with Crippen molar-refractivity contribution < 1.29 is 22.8 Å². The Morgan fingerprint density at radius 2 is 1.89 bits per heavy atom. The topological polar surface area (TPSA) is 58.4 Å². The number of nitrogens with zero attached hydrogens (tertiary/aromatic N) is 4. The number of imide groups is 1. The van der Waals surface area contributed by atoms with E-state index < -0.39 is 11.7 Å². The third kappa shape index (κ3) is 5.28. The monoisotopic (exact) mass is 548 g/mol. The van der Waals surface area contributed by atoms with Gasteiger partial charge in [-0.15, -0.1) is 0 Å². The highest BCUT2D eigenvalue weighted by atomic mass is 35.5. The van der Waals surface area contributed by atoms with Gasteiger partial charge in [0, 0.05) is 29.5 Å². The molecule has 0 bridgehead atoms. The van der Waals surface area contributed by atoms with Crippen LogP contribution in [-0.2, 0) is 17.5 Å². The summed E-state index contributed by atoms with van der Waals surface area (Å²) in [4.78, 5) is 29.8. The van der Waals surface area contributed by atoms with Crippen molar-refractivity contribution in [1.82, 2.24) is 19.6 Å². The van der Waals surface area contributed by atoms with Crippen LogP contribution in [0.5, 0.6) is 0 Å². The molecule has 3 aromatic rings. The molecule has 2 aliphatic heterocycles. The molecule has 5 rings (SSSR count). The van der Waals surface area contributed by atoms with Crippen LogP contribution in [0.4, 0.5) is 18.0 Å². The number of hydrogen-bond donors (Lipinski definition) is 0. The van der Waals surface area contributed by atoms with Crippen molar-refractivity contribution >= 4 is 51.5 Å². The molecular formula is C26H24ClF3N4O2S. The molecule has 0 saturated carbocycles. The second-order valence-electron chi connectivity index (χ2n) is 9.14. The number of aromatic nitrogens is 2. The molecule has 0 spiro atoms. The van der Waals surface area contributed by atoms with E-state index in [2.05, 4.69) is 16.9 Å². The lowest BCUT2D eigenvalue weighted by atomic mass is 10.0. The van der Waals surface area contributed by atoms with Gasteiger partial charge in [0.15, 0.2) is 0 Å². The predicted molar refractivity (Wildman–Crippen MR) is 138 cm³/mol. The third-order valence-corrected chi connectivity index (χ3v) is 7.97. The number of benzene rings is 2. The molecule has 0 atom stereocenters. The maximum absolute atomic E-state index is 13.5. The van der Waals surface area contributed by atoms with Crippen molar-refractivity contribution in [2.45, 2.75) is 38.5 Å². The molecule has 37 heavy (non-hydrogen) atoms. The minimum absolute atomic E-state index is 0.0156. The lowest BCUT2D eigenvalue weighted by molar-refractivity contribution is -0.138. The van der Waals surface area contributed by atoms with Gasteiger partial charge in [-0.25, -0.2) is 0 Å². The number of rotatable bonds is 5. The Morgan fingerprint density at radius 3 is 2.59 bits per heavy atom. The Morgan fingerprint density at radius 1 is 1.14 bits per heavy atom. The van der Waals surface area contributed by atoms with E-state index in [4.69, 9.17) is 11.6 Å². The van der Waals surface area contributed by atoms with Gasteiger partial charge in [-0.1, -0.05) is 30.7 Å². The number of likely N-dealkylation sites (tertiary alicyclic amines) is 1. The summed E-state index contributed by atoms with van der Waals surface area (Å²) in [6.07, 6.45) is 0.265. The average Bonchev–Trinajstić information content (AvgIpc) is 3.38. The summed E-state index contributed by atoms with van der Waals surface area (Å²) in [6.45, 7) is 4.70. The van der Waals surface area contributed by atoms with E-state index in [0.29, 0.717) is 21.4 Å². The molecule has 2 aliphatic rings. The van der Waals surface area contributed by atoms with Crippen LogP contribution < -0.4 is 0 Å². The van der Waals surface area contributed by atoms with Gasteiger partial charge in [-0.2, -0.15) is 18.3 Å². The van der Waals surface area contributed by atoms with E-state index in [0.717, 1.165) is 50.3 Å². The van der Waals surface area contributed by atoms with Crippen LogP contribution in [0.25, 0.3) is 17.0 Å². The fourth-order valence-corrected chi connectivity index (χ4v) is 5.94. The van der Waals surface area contributed by atoms with Crippen molar-refractivity contribution in [3.63, 3.8) is 0 Å². The van der Waals surface area contributed by atoms with E-state index >= 15 is 0 Å². The molecule has 2 saturated heterocycles. The molecule has 11 heteroatoms. The highest BCUT2D eigenvalue weighted by molar-refractivity contribution is 8.18. The number of carbonyl (C=O) groups is 2. The molecule has 1 aromatic heterocycles. The zero-order valence-corrected chi connectivity index (χ0v) is 21.5. The van der Waals surface area contributed by atoms with Gasteiger partial charge in [0.1, 0.15) is 0 Å². The van der Waals surface area contributed by atoms with Crippen LogP contribution in [0.15, 0.2) is 47.5 Å². The Labute approximate surface area is 221 Å². The Hall–Kier alpha value is -2.82. The highest BCUT2D eigenvalue weighted by Crippen LogP contribution is 2.37. The summed E-state index contributed by atoms with van der Waals surface area (Å²) in [5, 5.41) is 4.76. The lowest BCUT2D eigenvalue weighted by Gasteiger charge is -2.34. The maximum Gasteiger partial charge on any atom is 0.416 e. The number of carbonyl (C=O) groups excluding carboxylic acids is 2. The fourth-order valence-electron chi connectivity index (χ4n) is 4.87. The number of halogens is 4. The summed E-state index contributed by atoms with van der Waals surface area (Å²) in [5.41, 5.74) is 0.623. The molecule has 194 valence electrons. The van der Waals surface area contributed by atoms with Gasteiger partial charge in [0.2, 0.25) is 0 Å². The standard InChI is InChI=1S/C26H24ClF3N4O2S/c1-2-32-9-7-20(8-10-32)34-24(35)23(37-25(34)36)12-16-3-6-22-18(11-16)14-31-33(22)15-17-4-5-19(27)13-21(17)26(28,29)30/h3-6,11-14,20H,2,7-10,15H2,1H3/b23-12-. The van der Waals surface area contributed by atoms with Gasteiger partial charge in [-0.05, 0) is 72.6 Å². The molecule has 0 N–H and O–H groups in total. The maximum atomic E-state index is 13.5. The first kappa shape index (κ1) is 25.8. The van der Waals surface area contributed by atoms with Gasteiger partial charge >= 0.3 is 6.18 Å². The molecule has 0 radical (unpaired) electrons. The molecule has 0 aliphatic carbocycles. The van der Waals surface area contributed by atoms with Crippen molar-refractivity contribution in [3.05, 3.63) is 69.2 Å². The number of fused-ring (bicyclic) bond motifs is 1. The van der Waals surface area contributed by atoms with E-state index in [1.807, 2.05) is 0 Å². The van der Waals surface area contributed by atoms with Crippen molar-refractivity contribution in [3.8, 4) is 0 Å². The molecule has 6 nitrogen and oxygen atoms in total. The number of amides is 2. The Bertz CT molecular complexity index is 1400. The summed E-state index contributed by atoms with van der Waals surface area (Å²) in [5.74, 6) is -0.275. The predicted octanol–water partition coefficient (Wildman–Crippen LogP) is 6.28. The van der Waals surface area contributed by atoms with Crippen LogP contribution in [0.3, 0.4) is 0 Å². The minimum atomic E-state index is -4.54. The minimum Gasteiger partial charge on any atom is -0.303 e. The van der Waals surface area contributed by atoms with Crippen molar-refractivity contribution in [2.75, 3.05) is 19.6 Å². The van der Waals surface area contributed by atoms with Crippen LogP contribution >= 0.6 is 23.4 Å². The Kier molecular flexibility index (Phi) is 7.08. The smallest absolute Gasteiger partial charge is 0.303 e. The number of alkyl halides is 3. The SMILES string of the molecule is CCN1CCC(N2C(=O)S/C(=C\c3ccc4c(cnn4Cc4ccc(Cl)cc4C(F)(F)F)c3)C2=O)CC1. The Balaban J connectivity index is 1.36. The summed E-state index contributed by atoms with van der Waals surface area (Å²) in [6, 6.07) is 8.94. The molecule has 0 unspecified atom stereocenters. The second-order valence-corrected chi connectivity index (χ2v) is 10.6. The second kappa shape index (κ2) is 10.2. The molecule has 2 aromatic carbocycles. The third-order valence-electron chi connectivity index (χ3n) is 6.85. The zero-order chi connectivity index (χ0) is 26.3. The normalized spacial score (nSPS) is 19.1.